The van der Waals surface area contributed by atoms with Gasteiger partial charge in [-0.15, -0.1) is 17.8 Å². The van der Waals surface area contributed by atoms with Gasteiger partial charge in [-0.05, 0) is 16.5 Å². The standard InChI is InChI=1S/C34H44N6O7S/c1-6-11-35-29(44)19-47-18-26-30(48-20-37-26)24-9-7-22(8-10-24)14-36-32(45)27-13-25(42)17-40(27)33(46)31(34(3,4)5)38-28(43)12-23-15-39(16-23)21(2)41/h1,7-10,20,23,25,27,31,42H,11-19H2,2-5H3,(H,35,44)(H,36,45)(H,38,43)/t25-,27+,31-/m1/s1. The number of terminal acetylenes is 1. The van der Waals surface area contributed by atoms with Crippen LogP contribution in [0.1, 0.15) is 51.8 Å². The maximum Gasteiger partial charge on any atom is 0.246 e. The predicted molar refractivity (Wildman–Crippen MR) is 179 cm³/mol. The van der Waals surface area contributed by atoms with Gasteiger partial charge in [-0.25, -0.2) is 4.98 Å². The summed E-state index contributed by atoms with van der Waals surface area (Å²) in [4.78, 5) is 71.6. The van der Waals surface area contributed by atoms with E-state index in [1.54, 1.807) is 10.4 Å². The molecular weight excluding hydrogens is 636 g/mol. The quantitative estimate of drug-likeness (QED) is 0.228. The summed E-state index contributed by atoms with van der Waals surface area (Å²) in [5.74, 6) is 0.926. The molecule has 4 N–H and O–H groups in total. The average Bonchev–Trinajstić information content (AvgIpc) is 3.65. The number of nitrogens with zero attached hydrogens (tertiary/aromatic N) is 3. The highest BCUT2D eigenvalue weighted by Crippen LogP contribution is 2.29. The van der Waals surface area contributed by atoms with Crippen LogP contribution < -0.4 is 16.0 Å². The minimum atomic E-state index is -0.908. The van der Waals surface area contributed by atoms with E-state index >= 15 is 0 Å². The Balaban J connectivity index is 1.32. The van der Waals surface area contributed by atoms with Crippen molar-refractivity contribution in [2.24, 2.45) is 11.3 Å². The summed E-state index contributed by atoms with van der Waals surface area (Å²) in [5.41, 5.74) is 3.48. The topological polar surface area (TPSA) is 170 Å². The smallest absolute Gasteiger partial charge is 0.246 e. The monoisotopic (exact) mass is 680 g/mol. The van der Waals surface area contributed by atoms with Gasteiger partial charge in [-0.1, -0.05) is 51.0 Å². The summed E-state index contributed by atoms with van der Waals surface area (Å²) in [7, 11) is 0. The molecular formula is C34H44N6O7S. The van der Waals surface area contributed by atoms with Crippen molar-refractivity contribution in [3.05, 3.63) is 41.0 Å². The molecule has 0 saturated carbocycles. The van der Waals surface area contributed by atoms with Gasteiger partial charge in [0.05, 0.1) is 35.3 Å². The Morgan fingerprint density at radius 3 is 2.46 bits per heavy atom. The minimum Gasteiger partial charge on any atom is -0.391 e. The van der Waals surface area contributed by atoms with Crippen LogP contribution in [0.15, 0.2) is 29.8 Å². The Morgan fingerprint density at radius 1 is 1.10 bits per heavy atom. The number of hydrogen-bond donors (Lipinski definition) is 4. The number of hydrogen-bond acceptors (Lipinski definition) is 9. The molecule has 3 atom stereocenters. The fourth-order valence-corrected chi connectivity index (χ4v) is 6.49. The molecule has 0 radical (unpaired) electrons. The van der Waals surface area contributed by atoms with Gasteiger partial charge in [0.15, 0.2) is 0 Å². The Kier molecular flexibility index (Phi) is 12.3. The molecule has 2 aromatic rings. The third-order valence-corrected chi connectivity index (χ3v) is 9.26. The number of carbonyl (C=O) groups excluding carboxylic acids is 5. The van der Waals surface area contributed by atoms with Crippen molar-refractivity contribution >= 4 is 40.9 Å². The number of amides is 5. The summed E-state index contributed by atoms with van der Waals surface area (Å²) in [6.45, 7) is 8.38. The molecule has 0 bridgehead atoms. The van der Waals surface area contributed by atoms with Crippen molar-refractivity contribution in [2.75, 3.05) is 32.8 Å². The Labute approximate surface area is 284 Å². The second kappa shape index (κ2) is 16.2. The highest BCUT2D eigenvalue weighted by molar-refractivity contribution is 7.13. The van der Waals surface area contributed by atoms with Crippen LogP contribution in [0, 0.1) is 23.7 Å². The average molecular weight is 681 g/mol. The van der Waals surface area contributed by atoms with Crippen molar-refractivity contribution in [1.29, 1.82) is 0 Å². The predicted octanol–water partition coefficient (Wildman–Crippen LogP) is 1.05. The zero-order valence-electron chi connectivity index (χ0n) is 27.8. The molecule has 48 heavy (non-hydrogen) atoms. The van der Waals surface area contributed by atoms with Crippen LogP contribution in [0.25, 0.3) is 10.4 Å². The summed E-state index contributed by atoms with van der Waals surface area (Å²) in [6.07, 6.45) is 4.56. The SMILES string of the molecule is C#CCNC(=O)COCc1ncsc1-c1ccc(CNC(=O)[C@@H]2C[C@@H](O)CN2C(=O)[C@@H](NC(=O)CC2CN(C(C)=O)C2)C(C)(C)C)cc1. The van der Waals surface area contributed by atoms with Gasteiger partial charge in [-0.3, -0.25) is 24.0 Å². The van der Waals surface area contributed by atoms with E-state index in [0.29, 0.717) is 18.8 Å². The van der Waals surface area contributed by atoms with E-state index < -0.39 is 35.4 Å². The number of aromatic nitrogens is 1. The van der Waals surface area contributed by atoms with Crippen LogP contribution in [-0.4, -0.2) is 100 Å². The van der Waals surface area contributed by atoms with E-state index in [1.807, 2.05) is 45.0 Å². The van der Waals surface area contributed by atoms with Crippen molar-refractivity contribution in [2.45, 2.75) is 71.9 Å². The van der Waals surface area contributed by atoms with Crippen LogP contribution >= 0.6 is 11.3 Å². The molecule has 0 spiro atoms. The van der Waals surface area contributed by atoms with Gasteiger partial charge < -0.3 is 35.6 Å². The molecule has 2 fully saturated rings. The van der Waals surface area contributed by atoms with E-state index in [0.717, 1.165) is 16.0 Å². The van der Waals surface area contributed by atoms with Crippen LogP contribution in [0.5, 0.6) is 0 Å². The fourth-order valence-electron chi connectivity index (χ4n) is 5.69. The first-order valence-electron chi connectivity index (χ1n) is 15.9. The van der Waals surface area contributed by atoms with E-state index in [4.69, 9.17) is 11.2 Å². The van der Waals surface area contributed by atoms with Crippen LogP contribution in [-0.2, 0) is 41.9 Å². The molecule has 258 valence electrons. The Hall–Kier alpha value is -4.32. The highest BCUT2D eigenvalue weighted by Gasteiger charge is 2.44. The molecule has 2 aliphatic heterocycles. The molecule has 3 heterocycles. The lowest BCUT2D eigenvalue weighted by atomic mass is 9.85. The Morgan fingerprint density at radius 2 is 1.81 bits per heavy atom. The molecule has 4 rings (SSSR count). The number of ether oxygens (including phenoxy) is 1. The molecule has 14 heteroatoms. The maximum absolute atomic E-state index is 13.8. The lowest BCUT2D eigenvalue weighted by Crippen LogP contribution is -2.58. The van der Waals surface area contributed by atoms with Crippen LogP contribution in [0.3, 0.4) is 0 Å². The molecule has 2 aliphatic rings. The number of benzene rings is 1. The first kappa shape index (κ1) is 36.5. The molecule has 13 nitrogen and oxygen atoms in total. The molecule has 2 saturated heterocycles. The lowest BCUT2D eigenvalue weighted by Gasteiger charge is -2.39. The van der Waals surface area contributed by atoms with Crippen LogP contribution in [0.2, 0.25) is 0 Å². The van der Waals surface area contributed by atoms with Gasteiger partial charge in [0, 0.05) is 51.9 Å². The minimum absolute atomic E-state index is 0.0132. The first-order chi connectivity index (χ1) is 22.8. The highest BCUT2D eigenvalue weighted by atomic mass is 32.1. The largest absolute Gasteiger partial charge is 0.391 e. The number of aliphatic hydroxyl groups is 1. The summed E-state index contributed by atoms with van der Waals surface area (Å²) in [6, 6.07) is 5.77. The number of likely N-dealkylation sites (tertiary alicyclic amines) is 2. The van der Waals surface area contributed by atoms with Gasteiger partial charge in [-0.2, -0.15) is 0 Å². The van der Waals surface area contributed by atoms with Crippen LogP contribution in [0.4, 0.5) is 0 Å². The van der Waals surface area contributed by atoms with Crippen molar-refractivity contribution < 1.29 is 33.8 Å². The number of aliphatic hydroxyl groups excluding tert-OH is 1. The summed E-state index contributed by atoms with van der Waals surface area (Å²) >= 11 is 1.45. The Bertz CT molecular complexity index is 1520. The van der Waals surface area contributed by atoms with Gasteiger partial charge >= 0.3 is 0 Å². The molecule has 5 amide bonds. The third kappa shape index (κ3) is 9.62. The zero-order valence-corrected chi connectivity index (χ0v) is 28.6. The van der Waals surface area contributed by atoms with Gasteiger partial charge in [0.25, 0.3) is 0 Å². The number of carbonyl (C=O) groups is 5. The van der Waals surface area contributed by atoms with E-state index in [9.17, 15) is 29.1 Å². The summed E-state index contributed by atoms with van der Waals surface area (Å²) in [5, 5.41) is 18.8. The molecule has 1 aromatic heterocycles. The van der Waals surface area contributed by atoms with Crippen molar-refractivity contribution in [1.82, 2.24) is 30.7 Å². The van der Waals surface area contributed by atoms with Gasteiger partial charge in [0.1, 0.15) is 18.7 Å². The number of nitrogens with one attached hydrogen (secondary N) is 3. The number of β-amino-alcohol motifs (C(OH)–C–C–N with tert-alkyl or cyclic N) is 1. The normalized spacial score (nSPS) is 18.4. The van der Waals surface area contributed by atoms with E-state index in [-0.39, 0.29) is 69.3 Å². The molecule has 1 aromatic carbocycles. The van der Waals surface area contributed by atoms with Gasteiger partial charge in [0.2, 0.25) is 29.5 Å². The van der Waals surface area contributed by atoms with Crippen molar-refractivity contribution in [3.8, 4) is 22.8 Å². The first-order valence-corrected chi connectivity index (χ1v) is 16.8. The molecule has 0 unspecified atom stereocenters. The lowest BCUT2D eigenvalue weighted by molar-refractivity contribution is -0.144. The third-order valence-electron chi connectivity index (χ3n) is 8.34. The zero-order chi connectivity index (χ0) is 35.0. The molecule has 0 aliphatic carbocycles. The van der Waals surface area contributed by atoms with Crippen molar-refractivity contribution in [3.63, 3.8) is 0 Å². The fraction of sp³-hybridized carbons (Fsp3) is 0.529. The van der Waals surface area contributed by atoms with E-state index in [2.05, 4.69) is 26.9 Å². The second-order valence-corrected chi connectivity index (χ2v) is 14.1. The number of thiazole rings is 1. The second-order valence-electron chi connectivity index (χ2n) is 13.3. The summed E-state index contributed by atoms with van der Waals surface area (Å²) < 4.78 is 5.49. The van der Waals surface area contributed by atoms with E-state index in [1.165, 1.54) is 23.2 Å². The number of rotatable bonds is 13. The maximum atomic E-state index is 13.8.